The zero-order valence-electron chi connectivity index (χ0n) is 15.4. The third kappa shape index (κ3) is 3.42. The van der Waals surface area contributed by atoms with Crippen LogP contribution in [0.15, 0.2) is 29.2 Å². The number of carbonyl (C=O) groups is 2. The number of morpholine rings is 1. The molecule has 4 atom stereocenters. The predicted octanol–water partition coefficient (Wildman–Crippen LogP) is 1.39. The maximum Gasteiger partial charge on any atom is 0.307 e. The van der Waals surface area contributed by atoms with E-state index >= 15 is 0 Å². The first-order chi connectivity index (χ1) is 13.4. The average Bonchev–Trinajstić information content (AvgIpc) is 3.30. The van der Waals surface area contributed by atoms with Gasteiger partial charge in [-0.25, -0.2) is 8.42 Å². The van der Waals surface area contributed by atoms with Gasteiger partial charge in [-0.3, -0.25) is 9.59 Å². The van der Waals surface area contributed by atoms with Crippen LogP contribution in [0.2, 0.25) is 0 Å². The molecule has 0 radical (unpaired) electrons. The van der Waals surface area contributed by atoms with Gasteiger partial charge in [-0.05, 0) is 49.3 Å². The minimum atomic E-state index is -3.66. The number of fused-ring (bicyclic) bond motifs is 2. The first-order valence-corrected chi connectivity index (χ1v) is 11.0. The summed E-state index contributed by atoms with van der Waals surface area (Å²) in [6.45, 7) is 1.31. The molecule has 152 valence electrons. The molecule has 1 saturated heterocycles. The number of carbonyl (C=O) groups excluding carboxylic acids is 1. The number of aliphatic carboxylic acids is 1. The third-order valence-corrected chi connectivity index (χ3v) is 8.11. The topological polar surface area (TPSA) is 113 Å². The molecule has 1 heterocycles. The van der Waals surface area contributed by atoms with Crippen molar-refractivity contribution in [3.05, 3.63) is 24.3 Å². The van der Waals surface area contributed by atoms with Crippen molar-refractivity contribution in [3.8, 4) is 0 Å². The molecule has 0 unspecified atom stereocenters. The molecular formula is C19H24N2O6S. The lowest BCUT2D eigenvalue weighted by Crippen LogP contribution is -2.40. The second-order valence-corrected chi connectivity index (χ2v) is 9.69. The Kier molecular flexibility index (Phi) is 5.15. The van der Waals surface area contributed by atoms with Crippen molar-refractivity contribution in [2.45, 2.75) is 24.2 Å². The Bertz CT molecular complexity index is 880. The van der Waals surface area contributed by atoms with Crippen molar-refractivity contribution >= 4 is 27.6 Å². The smallest absolute Gasteiger partial charge is 0.307 e. The van der Waals surface area contributed by atoms with Crippen molar-refractivity contribution < 1.29 is 27.9 Å². The van der Waals surface area contributed by atoms with Crippen LogP contribution in [-0.2, 0) is 24.3 Å². The summed E-state index contributed by atoms with van der Waals surface area (Å²) in [6, 6.07) is 6.14. The lowest BCUT2D eigenvalue weighted by Gasteiger charge is -2.27. The number of carboxylic acids is 1. The number of carboxylic acid groups (broad SMARTS) is 1. The number of sulfonamides is 1. The number of benzene rings is 1. The van der Waals surface area contributed by atoms with E-state index in [0.29, 0.717) is 32.0 Å². The summed E-state index contributed by atoms with van der Waals surface area (Å²) in [5.74, 6) is -2.32. The molecule has 2 saturated carbocycles. The molecule has 0 aromatic heterocycles. The highest BCUT2D eigenvalue weighted by molar-refractivity contribution is 7.89. The number of anilines is 1. The SMILES string of the molecule is O=C(Nc1cccc(S(=O)(=O)N2CCOCC2)c1)[C@@H]1[C@@H]2CC[C@@H](C2)[C@@H]1C(=O)O. The molecule has 1 aromatic rings. The first-order valence-electron chi connectivity index (χ1n) is 9.59. The summed E-state index contributed by atoms with van der Waals surface area (Å²) in [6.07, 6.45) is 2.51. The molecule has 1 amide bonds. The molecule has 1 aromatic carbocycles. The van der Waals surface area contributed by atoms with E-state index in [2.05, 4.69) is 5.32 Å². The number of nitrogens with zero attached hydrogens (tertiary/aromatic N) is 1. The molecule has 2 bridgehead atoms. The van der Waals surface area contributed by atoms with Gasteiger partial charge in [0, 0.05) is 18.8 Å². The minimum Gasteiger partial charge on any atom is -0.481 e. The molecule has 28 heavy (non-hydrogen) atoms. The molecule has 0 spiro atoms. The monoisotopic (exact) mass is 408 g/mol. The second kappa shape index (κ2) is 7.46. The molecule has 4 rings (SSSR count). The van der Waals surface area contributed by atoms with Gasteiger partial charge in [-0.15, -0.1) is 0 Å². The van der Waals surface area contributed by atoms with E-state index in [9.17, 15) is 23.1 Å². The van der Waals surface area contributed by atoms with Crippen molar-refractivity contribution in [1.82, 2.24) is 4.31 Å². The van der Waals surface area contributed by atoms with Crippen LogP contribution < -0.4 is 5.32 Å². The van der Waals surface area contributed by atoms with Crippen molar-refractivity contribution in [2.24, 2.45) is 23.7 Å². The maximum absolute atomic E-state index is 12.8. The number of hydrogen-bond acceptors (Lipinski definition) is 5. The Hall–Kier alpha value is -1.97. The Balaban J connectivity index is 1.52. The van der Waals surface area contributed by atoms with Crippen molar-refractivity contribution in [1.29, 1.82) is 0 Å². The Morgan fingerprint density at radius 2 is 1.79 bits per heavy atom. The van der Waals surface area contributed by atoms with Crippen LogP contribution in [0.25, 0.3) is 0 Å². The van der Waals surface area contributed by atoms with Gasteiger partial charge < -0.3 is 15.2 Å². The summed E-state index contributed by atoms with van der Waals surface area (Å²) in [7, 11) is -3.66. The highest BCUT2D eigenvalue weighted by Crippen LogP contribution is 2.52. The van der Waals surface area contributed by atoms with E-state index in [1.807, 2.05) is 0 Å². The molecule has 2 N–H and O–H groups in total. The molecule has 8 nitrogen and oxygen atoms in total. The molecule has 1 aliphatic heterocycles. The number of amides is 1. The number of rotatable bonds is 5. The molecule has 2 aliphatic carbocycles. The minimum absolute atomic E-state index is 0.0614. The molecule has 9 heteroatoms. The van der Waals surface area contributed by atoms with E-state index in [-0.39, 0.29) is 22.6 Å². The van der Waals surface area contributed by atoms with E-state index in [1.54, 1.807) is 12.1 Å². The summed E-state index contributed by atoms with van der Waals surface area (Å²) in [5, 5.41) is 12.3. The summed E-state index contributed by atoms with van der Waals surface area (Å²) < 4.78 is 32.2. The van der Waals surface area contributed by atoms with E-state index in [4.69, 9.17) is 4.74 Å². The highest BCUT2D eigenvalue weighted by Gasteiger charge is 2.54. The average molecular weight is 408 g/mol. The lowest BCUT2D eigenvalue weighted by atomic mass is 9.78. The Morgan fingerprint density at radius 3 is 2.46 bits per heavy atom. The van der Waals surface area contributed by atoms with Gasteiger partial charge >= 0.3 is 5.97 Å². The molecule has 3 fully saturated rings. The molecular weight excluding hydrogens is 384 g/mol. The largest absolute Gasteiger partial charge is 0.481 e. The fraction of sp³-hybridized carbons (Fsp3) is 0.579. The second-order valence-electron chi connectivity index (χ2n) is 7.76. The van der Waals surface area contributed by atoms with Crippen molar-refractivity contribution in [2.75, 3.05) is 31.6 Å². The van der Waals surface area contributed by atoms with Gasteiger partial charge in [-0.2, -0.15) is 4.31 Å². The Labute approximate surface area is 163 Å². The number of ether oxygens (including phenoxy) is 1. The van der Waals surface area contributed by atoms with Crippen molar-refractivity contribution in [3.63, 3.8) is 0 Å². The van der Waals surface area contributed by atoms with E-state index in [0.717, 1.165) is 19.3 Å². The van der Waals surface area contributed by atoms with Gasteiger partial charge in [0.2, 0.25) is 15.9 Å². The van der Waals surface area contributed by atoms with Gasteiger partial charge in [0.1, 0.15) is 0 Å². The van der Waals surface area contributed by atoms with Crippen LogP contribution in [0.4, 0.5) is 5.69 Å². The van der Waals surface area contributed by atoms with Crippen LogP contribution in [-0.4, -0.2) is 56.0 Å². The zero-order valence-corrected chi connectivity index (χ0v) is 16.2. The quantitative estimate of drug-likeness (QED) is 0.761. The standard InChI is InChI=1S/C19H24N2O6S/c22-18(16-12-4-5-13(10-12)17(16)19(23)24)20-14-2-1-3-15(11-14)28(25,26)21-6-8-27-9-7-21/h1-3,11-13,16-17H,4-10H2,(H,20,22)(H,23,24)/t12-,13+,16-,17+/m1/s1. The maximum atomic E-state index is 12.8. The van der Waals surface area contributed by atoms with Crippen LogP contribution >= 0.6 is 0 Å². The Morgan fingerprint density at radius 1 is 1.11 bits per heavy atom. The van der Waals surface area contributed by atoms with Gasteiger partial charge in [0.25, 0.3) is 0 Å². The molecule has 3 aliphatic rings. The number of hydrogen-bond donors (Lipinski definition) is 2. The van der Waals surface area contributed by atoms with Crippen LogP contribution in [0.5, 0.6) is 0 Å². The van der Waals surface area contributed by atoms with Crippen LogP contribution in [0.3, 0.4) is 0 Å². The number of nitrogens with one attached hydrogen (secondary N) is 1. The predicted molar refractivity (Wildman–Crippen MR) is 100 cm³/mol. The van der Waals surface area contributed by atoms with E-state index in [1.165, 1.54) is 16.4 Å². The van der Waals surface area contributed by atoms with Gasteiger partial charge in [-0.1, -0.05) is 6.07 Å². The summed E-state index contributed by atoms with van der Waals surface area (Å²) >= 11 is 0. The zero-order chi connectivity index (χ0) is 19.9. The normalized spacial score (nSPS) is 30.3. The third-order valence-electron chi connectivity index (χ3n) is 6.21. The first kappa shape index (κ1) is 19.4. The fourth-order valence-corrected chi connectivity index (χ4v) is 6.37. The fourth-order valence-electron chi connectivity index (χ4n) is 4.92. The summed E-state index contributed by atoms with van der Waals surface area (Å²) in [4.78, 5) is 24.6. The van der Waals surface area contributed by atoms with E-state index < -0.39 is 27.8 Å². The highest BCUT2D eigenvalue weighted by atomic mass is 32.2. The lowest BCUT2D eigenvalue weighted by molar-refractivity contribution is -0.148. The van der Waals surface area contributed by atoms with Gasteiger partial charge in [0.05, 0.1) is 29.9 Å². The summed E-state index contributed by atoms with van der Waals surface area (Å²) in [5.41, 5.74) is 0.367. The van der Waals surface area contributed by atoms with Gasteiger partial charge in [0.15, 0.2) is 0 Å². The van der Waals surface area contributed by atoms with Crippen LogP contribution in [0.1, 0.15) is 19.3 Å². The van der Waals surface area contributed by atoms with Crippen LogP contribution in [0, 0.1) is 23.7 Å².